The Bertz CT molecular complexity index is 784. The molecule has 0 unspecified atom stereocenters. The standard InChI is InChI=1S/C19H19N3O3/c1-25-17(15-8-3-2-4-9-15)19(24)22-16(18(21)23)11-13-6-5-7-14(10-13)12-20/h2-10,16-17H,11H2,1H3,(H2,21,23)(H,22,24)/t16-,17+/m0/s1. The first-order chi connectivity index (χ1) is 12.0. The van der Waals surface area contributed by atoms with E-state index in [1.165, 1.54) is 7.11 Å². The van der Waals surface area contributed by atoms with Crippen molar-refractivity contribution in [2.45, 2.75) is 18.6 Å². The Labute approximate surface area is 146 Å². The van der Waals surface area contributed by atoms with Crippen LogP contribution in [0.3, 0.4) is 0 Å². The van der Waals surface area contributed by atoms with E-state index in [4.69, 9.17) is 15.7 Å². The highest BCUT2D eigenvalue weighted by Crippen LogP contribution is 2.17. The number of primary amides is 1. The minimum atomic E-state index is -0.900. The van der Waals surface area contributed by atoms with E-state index >= 15 is 0 Å². The summed E-state index contributed by atoms with van der Waals surface area (Å²) < 4.78 is 5.26. The number of carbonyl (C=O) groups excluding carboxylic acids is 2. The summed E-state index contributed by atoms with van der Waals surface area (Å²) in [6.45, 7) is 0. The lowest BCUT2D eigenvalue weighted by Gasteiger charge is -2.20. The summed E-state index contributed by atoms with van der Waals surface area (Å²) in [6.07, 6.45) is -0.643. The van der Waals surface area contributed by atoms with Gasteiger partial charge in [0.2, 0.25) is 5.91 Å². The molecule has 0 saturated heterocycles. The van der Waals surface area contributed by atoms with Crippen LogP contribution >= 0.6 is 0 Å². The molecule has 0 bridgehead atoms. The van der Waals surface area contributed by atoms with Gasteiger partial charge in [0.1, 0.15) is 6.04 Å². The summed E-state index contributed by atoms with van der Waals surface area (Å²) in [7, 11) is 1.42. The van der Waals surface area contributed by atoms with Crippen molar-refractivity contribution in [3.8, 4) is 6.07 Å². The van der Waals surface area contributed by atoms with E-state index in [0.29, 0.717) is 11.1 Å². The third-order valence-corrected chi connectivity index (χ3v) is 3.73. The lowest BCUT2D eigenvalue weighted by atomic mass is 10.0. The van der Waals surface area contributed by atoms with Gasteiger partial charge < -0.3 is 15.8 Å². The molecule has 2 amide bonds. The molecule has 0 aliphatic heterocycles. The number of nitrogens with two attached hydrogens (primary N) is 1. The second-order valence-electron chi connectivity index (χ2n) is 5.51. The number of nitriles is 1. The highest BCUT2D eigenvalue weighted by Gasteiger charge is 2.25. The number of amides is 2. The van der Waals surface area contributed by atoms with Crippen LogP contribution in [0.1, 0.15) is 22.8 Å². The Morgan fingerprint density at radius 1 is 1.20 bits per heavy atom. The molecule has 3 N–H and O–H groups in total. The molecular weight excluding hydrogens is 318 g/mol. The first kappa shape index (κ1) is 18.2. The van der Waals surface area contributed by atoms with Crippen molar-refractivity contribution < 1.29 is 14.3 Å². The Balaban J connectivity index is 2.13. The smallest absolute Gasteiger partial charge is 0.254 e. The fourth-order valence-electron chi connectivity index (χ4n) is 2.50. The number of hydrogen-bond acceptors (Lipinski definition) is 4. The fraction of sp³-hybridized carbons (Fsp3) is 0.211. The van der Waals surface area contributed by atoms with E-state index in [1.807, 2.05) is 12.1 Å². The number of benzene rings is 2. The zero-order valence-corrected chi connectivity index (χ0v) is 13.8. The Morgan fingerprint density at radius 2 is 1.92 bits per heavy atom. The van der Waals surface area contributed by atoms with Gasteiger partial charge in [-0.1, -0.05) is 42.5 Å². The monoisotopic (exact) mass is 337 g/mol. The van der Waals surface area contributed by atoms with Crippen LogP contribution in [-0.4, -0.2) is 25.0 Å². The molecule has 0 saturated carbocycles. The molecule has 0 aliphatic carbocycles. The summed E-state index contributed by atoms with van der Waals surface area (Å²) in [4.78, 5) is 24.2. The van der Waals surface area contributed by atoms with Gasteiger partial charge in [0.15, 0.2) is 6.10 Å². The summed E-state index contributed by atoms with van der Waals surface area (Å²) in [6, 6.07) is 16.9. The molecule has 128 valence electrons. The molecule has 0 spiro atoms. The number of carbonyl (C=O) groups is 2. The lowest BCUT2D eigenvalue weighted by Crippen LogP contribution is -2.47. The van der Waals surface area contributed by atoms with Crippen molar-refractivity contribution in [2.24, 2.45) is 5.73 Å². The number of nitrogens with zero attached hydrogens (tertiary/aromatic N) is 1. The lowest BCUT2D eigenvalue weighted by molar-refractivity contribution is -0.134. The quantitative estimate of drug-likeness (QED) is 0.798. The van der Waals surface area contributed by atoms with Gasteiger partial charge in [0, 0.05) is 13.5 Å². The molecule has 6 heteroatoms. The van der Waals surface area contributed by atoms with Gasteiger partial charge >= 0.3 is 0 Å². The summed E-state index contributed by atoms with van der Waals surface area (Å²) >= 11 is 0. The number of nitrogens with one attached hydrogen (secondary N) is 1. The molecule has 2 aromatic carbocycles. The average molecular weight is 337 g/mol. The second kappa shape index (κ2) is 8.62. The number of rotatable bonds is 7. The third-order valence-electron chi connectivity index (χ3n) is 3.73. The Kier molecular flexibility index (Phi) is 6.26. The molecular formula is C19H19N3O3. The van der Waals surface area contributed by atoms with E-state index in [-0.39, 0.29) is 6.42 Å². The van der Waals surface area contributed by atoms with Crippen molar-refractivity contribution >= 4 is 11.8 Å². The predicted molar refractivity (Wildman–Crippen MR) is 92.2 cm³/mol. The highest BCUT2D eigenvalue weighted by atomic mass is 16.5. The van der Waals surface area contributed by atoms with Crippen LogP contribution in [0.4, 0.5) is 0 Å². The zero-order valence-electron chi connectivity index (χ0n) is 13.8. The normalized spacial score (nSPS) is 12.6. The van der Waals surface area contributed by atoms with Gasteiger partial charge in [-0.15, -0.1) is 0 Å². The maximum atomic E-state index is 12.5. The topological polar surface area (TPSA) is 105 Å². The van der Waals surface area contributed by atoms with Gasteiger partial charge in [0.25, 0.3) is 5.91 Å². The number of methoxy groups -OCH3 is 1. The van der Waals surface area contributed by atoms with Crippen LogP contribution in [-0.2, 0) is 20.7 Å². The Hall–Kier alpha value is -3.17. The van der Waals surface area contributed by atoms with E-state index in [2.05, 4.69) is 5.32 Å². The molecule has 2 aromatic rings. The van der Waals surface area contributed by atoms with Crippen LogP contribution in [0.15, 0.2) is 54.6 Å². The molecule has 25 heavy (non-hydrogen) atoms. The van der Waals surface area contributed by atoms with E-state index in [9.17, 15) is 9.59 Å². The highest BCUT2D eigenvalue weighted by molar-refractivity contribution is 5.89. The minimum absolute atomic E-state index is 0.196. The number of ether oxygens (including phenoxy) is 1. The maximum Gasteiger partial charge on any atom is 0.254 e. The minimum Gasteiger partial charge on any atom is -0.368 e. The van der Waals surface area contributed by atoms with Crippen molar-refractivity contribution in [3.63, 3.8) is 0 Å². The van der Waals surface area contributed by atoms with Gasteiger partial charge in [-0.2, -0.15) is 5.26 Å². The Morgan fingerprint density at radius 3 is 2.52 bits per heavy atom. The molecule has 0 radical (unpaired) electrons. The van der Waals surface area contributed by atoms with E-state index < -0.39 is 24.0 Å². The van der Waals surface area contributed by atoms with Gasteiger partial charge in [-0.25, -0.2) is 0 Å². The summed E-state index contributed by atoms with van der Waals surface area (Å²) in [5, 5.41) is 11.6. The van der Waals surface area contributed by atoms with Gasteiger partial charge in [0.05, 0.1) is 11.6 Å². The molecule has 0 fully saturated rings. The van der Waals surface area contributed by atoms with E-state index in [0.717, 1.165) is 5.56 Å². The zero-order chi connectivity index (χ0) is 18.2. The van der Waals surface area contributed by atoms with Crippen LogP contribution in [0, 0.1) is 11.3 Å². The first-order valence-electron chi connectivity index (χ1n) is 7.71. The summed E-state index contributed by atoms with van der Waals surface area (Å²) in [5.41, 5.74) is 7.31. The number of hydrogen-bond donors (Lipinski definition) is 2. The van der Waals surface area contributed by atoms with Gasteiger partial charge in [-0.3, -0.25) is 9.59 Å². The van der Waals surface area contributed by atoms with Crippen LogP contribution in [0.2, 0.25) is 0 Å². The molecule has 0 aliphatic rings. The van der Waals surface area contributed by atoms with Crippen molar-refractivity contribution in [1.82, 2.24) is 5.32 Å². The average Bonchev–Trinajstić information content (AvgIpc) is 2.62. The summed E-state index contributed by atoms with van der Waals surface area (Å²) in [5.74, 6) is -1.10. The van der Waals surface area contributed by atoms with Crippen LogP contribution < -0.4 is 11.1 Å². The molecule has 2 rings (SSSR count). The first-order valence-corrected chi connectivity index (χ1v) is 7.71. The van der Waals surface area contributed by atoms with Crippen molar-refractivity contribution in [2.75, 3.05) is 7.11 Å². The maximum absolute atomic E-state index is 12.5. The van der Waals surface area contributed by atoms with Crippen molar-refractivity contribution in [1.29, 1.82) is 5.26 Å². The predicted octanol–water partition coefficient (Wildman–Crippen LogP) is 1.46. The third kappa shape index (κ3) is 4.90. The largest absolute Gasteiger partial charge is 0.368 e. The molecule has 0 aromatic heterocycles. The SMILES string of the molecule is CO[C@@H](C(=O)N[C@@H](Cc1cccc(C#N)c1)C(N)=O)c1ccccc1. The molecule has 0 heterocycles. The van der Waals surface area contributed by atoms with Gasteiger partial charge in [-0.05, 0) is 23.3 Å². The van der Waals surface area contributed by atoms with Crippen LogP contribution in [0.25, 0.3) is 0 Å². The van der Waals surface area contributed by atoms with Crippen LogP contribution in [0.5, 0.6) is 0 Å². The van der Waals surface area contributed by atoms with Crippen molar-refractivity contribution in [3.05, 3.63) is 71.3 Å². The molecule has 2 atom stereocenters. The fourth-order valence-corrected chi connectivity index (χ4v) is 2.50. The molecule has 6 nitrogen and oxygen atoms in total. The second-order valence-corrected chi connectivity index (χ2v) is 5.51. The van der Waals surface area contributed by atoms with E-state index in [1.54, 1.807) is 48.5 Å².